The molecule has 0 aromatic carbocycles. The third kappa shape index (κ3) is 2.30. The first kappa shape index (κ1) is 11.2. The van der Waals surface area contributed by atoms with Gasteiger partial charge in [-0.1, -0.05) is 0 Å². The van der Waals surface area contributed by atoms with E-state index in [2.05, 4.69) is 4.98 Å². The van der Waals surface area contributed by atoms with Gasteiger partial charge in [0.25, 0.3) is 0 Å². The molecular formula is C8H11N3O4. The highest BCUT2D eigenvalue weighted by Gasteiger charge is 2.24. The molecular weight excluding hydrogens is 202 g/mol. The summed E-state index contributed by atoms with van der Waals surface area (Å²) in [5, 5.41) is 19.2. The van der Waals surface area contributed by atoms with Gasteiger partial charge in [0, 0.05) is 6.92 Å². The van der Waals surface area contributed by atoms with Gasteiger partial charge in [-0.3, -0.25) is 4.79 Å². The zero-order valence-corrected chi connectivity index (χ0v) is 8.38. The van der Waals surface area contributed by atoms with Crippen LogP contribution in [0.25, 0.3) is 0 Å². The molecule has 1 atom stereocenters. The number of rotatable bonds is 4. The van der Waals surface area contributed by atoms with E-state index in [-0.39, 0.29) is 12.2 Å². The molecule has 82 valence electrons. The van der Waals surface area contributed by atoms with Crippen molar-refractivity contribution < 1.29 is 14.8 Å². The predicted octanol–water partition coefficient (Wildman–Crippen LogP) is 1.14. The summed E-state index contributed by atoms with van der Waals surface area (Å²) in [5.74, 6) is -0.735. The zero-order valence-electron chi connectivity index (χ0n) is 8.38. The molecule has 1 aromatic heterocycles. The molecule has 0 aliphatic heterocycles. The van der Waals surface area contributed by atoms with E-state index in [9.17, 15) is 14.9 Å². The molecule has 1 unspecified atom stereocenters. The van der Waals surface area contributed by atoms with Gasteiger partial charge < -0.3 is 15.2 Å². The van der Waals surface area contributed by atoms with E-state index in [0.717, 1.165) is 6.20 Å². The number of imidazole rings is 1. The zero-order chi connectivity index (χ0) is 11.6. The summed E-state index contributed by atoms with van der Waals surface area (Å²) in [7, 11) is 0. The minimum Gasteiger partial charge on any atom is -0.481 e. The largest absolute Gasteiger partial charge is 0.481 e. The summed E-state index contributed by atoms with van der Waals surface area (Å²) in [6.07, 6.45) is 0.964. The molecule has 1 aromatic rings. The highest BCUT2D eigenvalue weighted by Crippen LogP contribution is 2.22. The van der Waals surface area contributed by atoms with Crippen molar-refractivity contribution in [1.29, 1.82) is 0 Å². The lowest BCUT2D eigenvalue weighted by atomic mass is 10.2. The lowest BCUT2D eigenvalue weighted by Gasteiger charge is -2.08. The average molecular weight is 213 g/mol. The number of aromatic nitrogens is 2. The Morgan fingerprint density at radius 1 is 1.80 bits per heavy atom. The van der Waals surface area contributed by atoms with Crippen molar-refractivity contribution in [3.05, 3.63) is 22.1 Å². The Hall–Kier alpha value is -1.92. The van der Waals surface area contributed by atoms with Crippen molar-refractivity contribution in [2.75, 3.05) is 0 Å². The number of nitro groups is 1. The van der Waals surface area contributed by atoms with E-state index in [1.807, 2.05) is 0 Å². The molecule has 0 spiro atoms. The predicted molar refractivity (Wildman–Crippen MR) is 50.6 cm³/mol. The van der Waals surface area contributed by atoms with Gasteiger partial charge in [-0.2, -0.15) is 0 Å². The Kier molecular flexibility index (Phi) is 3.03. The van der Waals surface area contributed by atoms with Crippen LogP contribution in [0.15, 0.2) is 6.20 Å². The van der Waals surface area contributed by atoms with Gasteiger partial charge in [-0.05, 0) is 11.8 Å². The summed E-state index contributed by atoms with van der Waals surface area (Å²) in [4.78, 5) is 24.3. The molecule has 0 fully saturated rings. The molecule has 0 saturated carbocycles. The SMILES string of the molecule is Cc1ncc([N+](=O)[O-])n1C(C)CC(=O)O. The van der Waals surface area contributed by atoms with Crippen LogP contribution in [-0.2, 0) is 4.79 Å². The first-order chi connectivity index (χ1) is 6.93. The fraction of sp³-hybridized carbons (Fsp3) is 0.500. The Labute approximate surface area is 85.5 Å². The van der Waals surface area contributed by atoms with Crippen LogP contribution < -0.4 is 0 Å². The van der Waals surface area contributed by atoms with Crippen LogP contribution in [0, 0.1) is 17.0 Å². The van der Waals surface area contributed by atoms with Gasteiger partial charge in [0.05, 0.1) is 6.42 Å². The Morgan fingerprint density at radius 3 is 2.87 bits per heavy atom. The molecule has 1 rings (SSSR count). The topological polar surface area (TPSA) is 98.3 Å². The van der Waals surface area contributed by atoms with Gasteiger partial charge in [-0.15, -0.1) is 0 Å². The third-order valence-electron chi connectivity index (χ3n) is 2.06. The van der Waals surface area contributed by atoms with Gasteiger partial charge in [-0.25, -0.2) is 9.55 Å². The summed E-state index contributed by atoms with van der Waals surface area (Å²) in [6, 6.07) is -0.481. The molecule has 1 N–H and O–H groups in total. The summed E-state index contributed by atoms with van der Waals surface area (Å²) < 4.78 is 1.31. The summed E-state index contributed by atoms with van der Waals surface area (Å²) >= 11 is 0. The number of carboxylic acid groups (broad SMARTS) is 1. The first-order valence-corrected chi connectivity index (χ1v) is 4.33. The van der Waals surface area contributed by atoms with Crippen molar-refractivity contribution in [3.8, 4) is 0 Å². The quantitative estimate of drug-likeness (QED) is 0.597. The van der Waals surface area contributed by atoms with Crippen LogP contribution in [-0.4, -0.2) is 25.6 Å². The fourth-order valence-corrected chi connectivity index (χ4v) is 1.47. The Bertz CT molecular complexity index is 399. The van der Waals surface area contributed by atoms with Crippen molar-refractivity contribution in [2.45, 2.75) is 26.3 Å². The number of aryl methyl sites for hydroxylation is 1. The molecule has 0 amide bonds. The standard InChI is InChI=1S/C8H11N3O4/c1-5(3-8(12)13)10-6(2)9-4-7(10)11(14)15/h4-5H,3H2,1-2H3,(H,12,13). The van der Waals surface area contributed by atoms with Crippen LogP contribution in [0.4, 0.5) is 5.82 Å². The number of hydrogen-bond donors (Lipinski definition) is 1. The van der Waals surface area contributed by atoms with Gasteiger partial charge >= 0.3 is 11.8 Å². The van der Waals surface area contributed by atoms with E-state index in [1.165, 1.54) is 4.57 Å². The van der Waals surface area contributed by atoms with Gasteiger partial charge in [0.2, 0.25) is 0 Å². The molecule has 1 heterocycles. The fourth-order valence-electron chi connectivity index (χ4n) is 1.47. The summed E-state index contributed by atoms with van der Waals surface area (Å²) in [6.45, 7) is 3.21. The molecule has 7 heteroatoms. The number of hydrogen-bond acceptors (Lipinski definition) is 4. The minimum absolute atomic E-state index is 0.169. The summed E-state index contributed by atoms with van der Waals surface area (Å²) in [5.41, 5.74) is 0. The van der Waals surface area contributed by atoms with Crippen LogP contribution in [0.2, 0.25) is 0 Å². The molecule has 15 heavy (non-hydrogen) atoms. The second-order valence-electron chi connectivity index (χ2n) is 3.24. The normalized spacial score (nSPS) is 12.4. The highest BCUT2D eigenvalue weighted by molar-refractivity contribution is 5.67. The molecule has 0 bridgehead atoms. The van der Waals surface area contributed by atoms with Crippen molar-refractivity contribution in [3.63, 3.8) is 0 Å². The van der Waals surface area contributed by atoms with E-state index in [0.29, 0.717) is 5.82 Å². The molecule has 0 radical (unpaired) electrons. The van der Waals surface area contributed by atoms with Crippen LogP contribution >= 0.6 is 0 Å². The van der Waals surface area contributed by atoms with Gasteiger partial charge in [0.15, 0.2) is 5.82 Å². The van der Waals surface area contributed by atoms with Gasteiger partial charge in [0.1, 0.15) is 12.2 Å². The second kappa shape index (κ2) is 4.07. The first-order valence-electron chi connectivity index (χ1n) is 4.33. The Morgan fingerprint density at radius 2 is 2.40 bits per heavy atom. The van der Waals surface area contributed by atoms with E-state index >= 15 is 0 Å². The van der Waals surface area contributed by atoms with Crippen molar-refractivity contribution >= 4 is 11.8 Å². The number of carboxylic acids is 1. The van der Waals surface area contributed by atoms with Crippen molar-refractivity contribution in [2.24, 2.45) is 0 Å². The number of aliphatic carboxylic acids is 1. The monoisotopic (exact) mass is 213 g/mol. The maximum Gasteiger partial charge on any atom is 0.343 e. The average Bonchev–Trinajstić information content (AvgIpc) is 2.45. The lowest BCUT2D eigenvalue weighted by Crippen LogP contribution is -2.13. The van der Waals surface area contributed by atoms with Crippen molar-refractivity contribution in [1.82, 2.24) is 9.55 Å². The number of carbonyl (C=O) groups is 1. The smallest absolute Gasteiger partial charge is 0.343 e. The Balaban J connectivity index is 3.05. The molecule has 7 nitrogen and oxygen atoms in total. The third-order valence-corrected chi connectivity index (χ3v) is 2.06. The second-order valence-corrected chi connectivity index (χ2v) is 3.24. The van der Waals surface area contributed by atoms with Crippen LogP contribution in [0.5, 0.6) is 0 Å². The van der Waals surface area contributed by atoms with E-state index in [4.69, 9.17) is 5.11 Å². The lowest BCUT2D eigenvalue weighted by molar-refractivity contribution is -0.392. The maximum absolute atomic E-state index is 10.6. The maximum atomic E-state index is 10.6. The molecule has 0 saturated heterocycles. The highest BCUT2D eigenvalue weighted by atomic mass is 16.6. The van der Waals surface area contributed by atoms with Crippen LogP contribution in [0.1, 0.15) is 25.2 Å². The van der Waals surface area contributed by atoms with E-state index < -0.39 is 16.9 Å². The van der Waals surface area contributed by atoms with E-state index in [1.54, 1.807) is 13.8 Å². The van der Waals surface area contributed by atoms with Crippen LogP contribution in [0.3, 0.4) is 0 Å². The minimum atomic E-state index is -0.995. The molecule has 0 aliphatic carbocycles. The number of nitrogens with zero attached hydrogens (tertiary/aromatic N) is 3. The molecule has 0 aliphatic rings.